The van der Waals surface area contributed by atoms with Crippen LogP contribution in [0.5, 0.6) is 0 Å². The lowest BCUT2D eigenvalue weighted by Gasteiger charge is -2.32. The molecule has 1 aliphatic heterocycles. The van der Waals surface area contributed by atoms with Crippen molar-refractivity contribution in [2.24, 2.45) is 0 Å². The minimum absolute atomic E-state index is 0.115. The maximum absolute atomic E-state index is 13.1. The van der Waals surface area contributed by atoms with Crippen LogP contribution in [0.15, 0.2) is 89.8 Å². The summed E-state index contributed by atoms with van der Waals surface area (Å²) >= 11 is 0. The molecule has 0 N–H and O–H groups in total. The first kappa shape index (κ1) is 21.1. The second kappa shape index (κ2) is 8.94. The van der Waals surface area contributed by atoms with E-state index in [4.69, 9.17) is 0 Å². The monoisotopic (exact) mass is 434 g/mol. The van der Waals surface area contributed by atoms with Crippen LogP contribution in [0.1, 0.15) is 34.7 Å². The van der Waals surface area contributed by atoms with Crippen LogP contribution in [-0.4, -0.2) is 39.4 Å². The zero-order chi connectivity index (χ0) is 21.8. The Morgan fingerprint density at radius 1 is 0.871 bits per heavy atom. The van der Waals surface area contributed by atoms with Gasteiger partial charge in [0.15, 0.2) is 0 Å². The van der Waals surface area contributed by atoms with Gasteiger partial charge in [-0.25, -0.2) is 8.42 Å². The van der Waals surface area contributed by atoms with Gasteiger partial charge in [0.2, 0.25) is 0 Å². The molecule has 3 aromatic carbocycles. The van der Waals surface area contributed by atoms with Gasteiger partial charge in [0, 0.05) is 25.7 Å². The average molecular weight is 435 g/mol. The largest absolute Gasteiger partial charge is 0.339 e. The van der Waals surface area contributed by atoms with E-state index in [1.807, 2.05) is 29.2 Å². The fourth-order valence-corrected chi connectivity index (χ4v) is 5.29. The van der Waals surface area contributed by atoms with E-state index in [9.17, 15) is 13.2 Å². The molecule has 6 heteroatoms. The van der Waals surface area contributed by atoms with Crippen molar-refractivity contribution in [3.05, 3.63) is 96.1 Å². The van der Waals surface area contributed by atoms with Gasteiger partial charge < -0.3 is 4.90 Å². The molecular formula is C25H26N2O3S. The number of carbonyl (C=O) groups excluding carboxylic acids is 1. The predicted molar refractivity (Wildman–Crippen MR) is 123 cm³/mol. The van der Waals surface area contributed by atoms with E-state index in [2.05, 4.69) is 12.1 Å². The highest BCUT2D eigenvalue weighted by molar-refractivity contribution is 7.92. The standard InChI is InChI=1S/C25H26N2O3S/c1-26(23-12-6-3-7-13-23)31(29,30)24-14-8-11-22(19-24)25(28)27-17-15-21(16-18-27)20-9-4-2-5-10-20/h2-14,19,21H,15-18H2,1H3. The first-order chi connectivity index (χ1) is 15.0. The first-order valence-electron chi connectivity index (χ1n) is 10.4. The Morgan fingerprint density at radius 2 is 1.48 bits per heavy atom. The smallest absolute Gasteiger partial charge is 0.264 e. The fourth-order valence-electron chi connectivity index (χ4n) is 4.05. The van der Waals surface area contributed by atoms with Gasteiger partial charge in [-0.15, -0.1) is 0 Å². The summed E-state index contributed by atoms with van der Waals surface area (Å²) in [6, 6.07) is 25.6. The molecule has 0 spiro atoms. The highest BCUT2D eigenvalue weighted by Gasteiger charge is 2.26. The predicted octanol–water partition coefficient (Wildman–Crippen LogP) is 4.53. The Hall–Kier alpha value is -3.12. The number of para-hydroxylation sites is 1. The fraction of sp³-hybridized carbons (Fsp3) is 0.240. The summed E-state index contributed by atoms with van der Waals surface area (Å²) in [5, 5.41) is 0. The van der Waals surface area contributed by atoms with E-state index in [0.717, 1.165) is 12.8 Å². The zero-order valence-electron chi connectivity index (χ0n) is 17.5. The summed E-state index contributed by atoms with van der Waals surface area (Å²) in [6.07, 6.45) is 1.81. The molecule has 31 heavy (non-hydrogen) atoms. The van der Waals surface area contributed by atoms with Crippen LogP contribution < -0.4 is 4.31 Å². The van der Waals surface area contributed by atoms with Crippen molar-refractivity contribution in [1.82, 2.24) is 4.90 Å². The van der Waals surface area contributed by atoms with Crippen LogP contribution in [0.3, 0.4) is 0 Å². The van der Waals surface area contributed by atoms with Gasteiger partial charge in [-0.2, -0.15) is 0 Å². The third kappa shape index (κ3) is 4.49. The first-order valence-corrected chi connectivity index (χ1v) is 11.9. The molecule has 1 saturated heterocycles. The highest BCUT2D eigenvalue weighted by Crippen LogP contribution is 2.29. The second-order valence-electron chi connectivity index (χ2n) is 7.81. The Labute approximate surface area is 184 Å². The number of rotatable bonds is 5. The number of amides is 1. The van der Waals surface area contributed by atoms with E-state index in [1.54, 1.807) is 36.4 Å². The number of hydrogen-bond donors (Lipinski definition) is 0. The molecule has 1 fully saturated rings. The molecule has 0 aromatic heterocycles. The van der Waals surface area contributed by atoms with Crippen molar-refractivity contribution in [3.63, 3.8) is 0 Å². The van der Waals surface area contributed by atoms with Crippen molar-refractivity contribution in [2.45, 2.75) is 23.7 Å². The Balaban J connectivity index is 1.49. The van der Waals surface area contributed by atoms with E-state index < -0.39 is 10.0 Å². The Morgan fingerprint density at radius 3 is 2.13 bits per heavy atom. The summed E-state index contributed by atoms with van der Waals surface area (Å²) in [7, 11) is -2.24. The van der Waals surface area contributed by atoms with Gasteiger partial charge in [-0.3, -0.25) is 9.10 Å². The van der Waals surface area contributed by atoms with Crippen molar-refractivity contribution >= 4 is 21.6 Å². The van der Waals surface area contributed by atoms with Gasteiger partial charge in [0.1, 0.15) is 0 Å². The molecule has 1 aliphatic rings. The van der Waals surface area contributed by atoms with E-state index in [1.165, 1.54) is 29.0 Å². The van der Waals surface area contributed by atoms with Gasteiger partial charge in [-0.1, -0.05) is 54.6 Å². The van der Waals surface area contributed by atoms with Crippen molar-refractivity contribution < 1.29 is 13.2 Å². The van der Waals surface area contributed by atoms with Crippen LogP contribution in [0.25, 0.3) is 0 Å². The topological polar surface area (TPSA) is 57.7 Å². The number of carbonyl (C=O) groups is 1. The van der Waals surface area contributed by atoms with E-state index in [-0.39, 0.29) is 10.8 Å². The Kier molecular flexibility index (Phi) is 6.09. The summed E-state index contributed by atoms with van der Waals surface area (Å²) < 4.78 is 27.4. The molecular weight excluding hydrogens is 408 g/mol. The molecule has 1 heterocycles. The summed E-state index contributed by atoms with van der Waals surface area (Å²) in [5.74, 6) is 0.336. The lowest BCUT2D eigenvalue weighted by molar-refractivity contribution is 0.0712. The number of hydrogen-bond acceptors (Lipinski definition) is 3. The highest BCUT2D eigenvalue weighted by atomic mass is 32.2. The third-order valence-electron chi connectivity index (χ3n) is 5.91. The van der Waals surface area contributed by atoms with Crippen LogP contribution in [0.2, 0.25) is 0 Å². The minimum Gasteiger partial charge on any atom is -0.339 e. The lowest BCUT2D eigenvalue weighted by atomic mass is 9.89. The number of sulfonamides is 1. The van der Waals surface area contributed by atoms with Crippen LogP contribution in [-0.2, 0) is 10.0 Å². The molecule has 0 unspecified atom stereocenters. The number of nitrogens with zero attached hydrogens (tertiary/aromatic N) is 2. The quantitative estimate of drug-likeness (QED) is 0.593. The molecule has 0 bridgehead atoms. The average Bonchev–Trinajstić information content (AvgIpc) is 2.84. The van der Waals surface area contributed by atoms with Crippen molar-refractivity contribution in [2.75, 3.05) is 24.4 Å². The lowest BCUT2D eigenvalue weighted by Crippen LogP contribution is -2.38. The second-order valence-corrected chi connectivity index (χ2v) is 9.78. The van der Waals surface area contributed by atoms with E-state index in [0.29, 0.717) is 30.3 Å². The molecule has 160 valence electrons. The molecule has 4 rings (SSSR count). The number of benzene rings is 3. The molecule has 0 saturated carbocycles. The van der Waals surface area contributed by atoms with Crippen LogP contribution in [0.4, 0.5) is 5.69 Å². The van der Waals surface area contributed by atoms with Crippen molar-refractivity contribution in [3.8, 4) is 0 Å². The molecule has 0 atom stereocenters. The number of piperidine rings is 1. The SMILES string of the molecule is CN(c1ccccc1)S(=O)(=O)c1cccc(C(=O)N2CCC(c3ccccc3)CC2)c1. The molecule has 1 amide bonds. The summed E-state index contributed by atoms with van der Waals surface area (Å²) in [6.45, 7) is 1.33. The Bertz CT molecular complexity index is 1140. The van der Waals surface area contributed by atoms with Crippen LogP contribution >= 0.6 is 0 Å². The van der Waals surface area contributed by atoms with Gasteiger partial charge in [-0.05, 0) is 54.7 Å². The molecule has 3 aromatic rings. The molecule has 5 nitrogen and oxygen atoms in total. The third-order valence-corrected chi connectivity index (χ3v) is 7.69. The zero-order valence-corrected chi connectivity index (χ0v) is 18.3. The van der Waals surface area contributed by atoms with Gasteiger partial charge in [0.05, 0.1) is 10.6 Å². The van der Waals surface area contributed by atoms with Crippen molar-refractivity contribution in [1.29, 1.82) is 0 Å². The van der Waals surface area contributed by atoms with E-state index >= 15 is 0 Å². The number of likely N-dealkylation sites (tertiary alicyclic amines) is 1. The number of anilines is 1. The van der Waals surface area contributed by atoms with Gasteiger partial charge >= 0.3 is 0 Å². The molecule has 0 radical (unpaired) electrons. The minimum atomic E-state index is -3.76. The molecule has 0 aliphatic carbocycles. The van der Waals surface area contributed by atoms with Crippen LogP contribution in [0, 0.1) is 0 Å². The maximum Gasteiger partial charge on any atom is 0.264 e. The maximum atomic E-state index is 13.1. The normalized spacial score (nSPS) is 14.9. The summed E-state index contributed by atoms with van der Waals surface area (Å²) in [4.78, 5) is 15.0. The van der Waals surface area contributed by atoms with Gasteiger partial charge in [0.25, 0.3) is 15.9 Å². The summed E-state index contributed by atoms with van der Waals surface area (Å²) in [5.41, 5.74) is 2.29.